The van der Waals surface area contributed by atoms with Crippen molar-refractivity contribution in [3.05, 3.63) is 18.2 Å². The molecule has 34 heavy (non-hydrogen) atoms. The molecule has 1 saturated carbocycles. The lowest BCUT2D eigenvalue weighted by Gasteiger charge is -2.36. The standard InChI is InChI=1S/C25H37N3O5S/c1-16-10-17(2)13-27(12-16)34(31,32)20-8-9-23-22(11-20)28(25(30)15-33-23)14-24(29)26-21-7-5-6-18(3)19(21)4/h8-9,11,16-19,21H,5-7,10,12-15H2,1-4H3,(H,26,29). The molecule has 0 spiro atoms. The van der Waals surface area contributed by atoms with Crippen molar-refractivity contribution in [2.24, 2.45) is 23.7 Å². The molecule has 0 bridgehead atoms. The van der Waals surface area contributed by atoms with E-state index < -0.39 is 10.0 Å². The number of nitrogens with one attached hydrogen (secondary N) is 1. The lowest BCUT2D eigenvalue weighted by molar-refractivity contribution is -0.126. The van der Waals surface area contributed by atoms with E-state index in [2.05, 4.69) is 33.0 Å². The minimum atomic E-state index is -3.73. The Morgan fingerprint density at radius 3 is 2.53 bits per heavy atom. The molecule has 2 fully saturated rings. The molecule has 8 nitrogen and oxygen atoms in total. The number of fused-ring (bicyclic) bond motifs is 1. The normalized spacial score (nSPS) is 30.4. The first-order valence-corrected chi connectivity index (χ1v) is 13.9. The molecule has 0 radical (unpaired) electrons. The van der Waals surface area contributed by atoms with Crippen molar-refractivity contribution < 1.29 is 22.7 Å². The maximum absolute atomic E-state index is 13.4. The maximum atomic E-state index is 13.4. The number of sulfonamides is 1. The zero-order valence-corrected chi connectivity index (χ0v) is 21.4. The number of anilines is 1. The van der Waals surface area contributed by atoms with Gasteiger partial charge in [-0.05, 0) is 54.7 Å². The third-order valence-corrected chi connectivity index (χ3v) is 9.53. The predicted molar refractivity (Wildman–Crippen MR) is 130 cm³/mol. The summed E-state index contributed by atoms with van der Waals surface area (Å²) >= 11 is 0. The van der Waals surface area contributed by atoms with Crippen LogP contribution >= 0.6 is 0 Å². The van der Waals surface area contributed by atoms with Gasteiger partial charge in [0, 0.05) is 19.1 Å². The highest BCUT2D eigenvalue weighted by molar-refractivity contribution is 7.89. The number of nitrogens with zero attached hydrogens (tertiary/aromatic N) is 2. The predicted octanol–water partition coefficient (Wildman–Crippen LogP) is 3.02. The summed E-state index contributed by atoms with van der Waals surface area (Å²) in [4.78, 5) is 27.1. The Bertz CT molecular complexity index is 1030. The Morgan fingerprint density at radius 2 is 1.82 bits per heavy atom. The second-order valence-corrected chi connectivity index (χ2v) is 12.5. The molecule has 1 saturated heterocycles. The minimum absolute atomic E-state index is 0.0849. The Morgan fingerprint density at radius 1 is 1.12 bits per heavy atom. The first kappa shape index (κ1) is 25.0. The molecule has 4 rings (SSSR count). The number of carbonyl (C=O) groups is 2. The van der Waals surface area contributed by atoms with Gasteiger partial charge in [-0.25, -0.2) is 8.42 Å². The first-order valence-electron chi connectivity index (χ1n) is 12.4. The number of benzene rings is 1. The van der Waals surface area contributed by atoms with Gasteiger partial charge < -0.3 is 10.1 Å². The lowest BCUT2D eigenvalue weighted by Crippen LogP contribution is -2.50. The molecule has 2 amide bonds. The van der Waals surface area contributed by atoms with Gasteiger partial charge >= 0.3 is 0 Å². The molecule has 1 N–H and O–H groups in total. The molecule has 2 aliphatic heterocycles. The molecule has 3 aliphatic rings. The van der Waals surface area contributed by atoms with Gasteiger partial charge in [-0.3, -0.25) is 14.5 Å². The third kappa shape index (κ3) is 5.10. The Kier molecular flexibility index (Phi) is 7.24. The quantitative estimate of drug-likeness (QED) is 0.683. The van der Waals surface area contributed by atoms with E-state index in [0.29, 0.717) is 36.4 Å². The molecule has 1 aliphatic carbocycles. The van der Waals surface area contributed by atoms with E-state index >= 15 is 0 Å². The van der Waals surface area contributed by atoms with Gasteiger partial charge in [0.1, 0.15) is 12.3 Å². The second kappa shape index (κ2) is 9.85. The average molecular weight is 492 g/mol. The fourth-order valence-electron chi connectivity index (χ4n) is 5.65. The second-order valence-electron chi connectivity index (χ2n) is 10.6. The van der Waals surface area contributed by atoms with Crippen LogP contribution < -0.4 is 15.0 Å². The topological polar surface area (TPSA) is 96.0 Å². The van der Waals surface area contributed by atoms with Crippen LogP contribution in [0.4, 0.5) is 5.69 Å². The van der Waals surface area contributed by atoms with E-state index in [4.69, 9.17) is 4.74 Å². The van der Waals surface area contributed by atoms with Gasteiger partial charge in [-0.15, -0.1) is 0 Å². The Balaban J connectivity index is 1.55. The van der Waals surface area contributed by atoms with E-state index in [9.17, 15) is 18.0 Å². The highest BCUT2D eigenvalue weighted by atomic mass is 32.2. The van der Waals surface area contributed by atoms with Gasteiger partial charge in [0.15, 0.2) is 6.61 Å². The van der Waals surface area contributed by atoms with Gasteiger partial charge in [-0.1, -0.05) is 40.5 Å². The van der Waals surface area contributed by atoms with Gasteiger partial charge in [0.2, 0.25) is 15.9 Å². The number of rotatable bonds is 5. The van der Waals surface area contributed by atoms with Crippen LogP contribution in [-0.2, 0) is 19.6 Å². The summed E-state index contributed by atoms with van der Waals surface area (Å²) in [7, 11) is -3.73. The monoisotopic (exact) mass is 491 g/mol. The maximum Gasteiger partial charge on any atom is 0.265 e. The molecule has 9 heteroatoms. The highest BCUT2D eigenvalue weighted by Crippen LogP contribution is 2.36. The summed E-state index contributed by atoms with van der Waals surface area (Å²) in [5, 5.41) is 3.10. The van der Waals surface area contributed by atoms with E-state index in [0.717, 1.165) is 25.7 Å². The number of hydrogen-bond donors (Lipinski definition) is 1. The summed E-state index contributed by atoms with van der Waals surface area (Å²) in [6.07, 6.45) is 4.17. The molecule has 5 atom stereocenters. The van der Waals surface area contributed by atoms with Gasteiger partial charge in [0.25, 0.3) is 5.91 Å². The molecule has 2 heterocycles. The molecule has 1 aromatic carbocycles. The van der Waals surface area contributed by atoms with Crippen LogP contribution in [0.15, 0.2) is 23.1 Å². The van der Waals surface area contributed by atoms with Crippen LogP contribution in [0.3, 0.4) is 0 Å². The lowest BCUT2D eigenvalue weighted by atomic mass is 9.78. The van der Waals surface area contributed by atoms with Gasteiger partial charge in [0.05, 0.1) is 10.6 Å². The average Bonchev–Trinajstić information content (AvgIpc) is 2.78. The van der Waals surface area contributed by atoms with E-state index in [1.54, 1.807) is 6.07 Å². The summed E-state index contributed by atoms with van der Waals surface area (Å²) in [6.45, 7) is 9.10. The summed E-state index contributed by atoms with van der Waals surface area (Å²) < 4.78 is 33.9. The third-order valence-electron chi connectivity index (χ3n) is 7.70. The van der Waals surface area contributed by atoms with Crippen molar-refractivity contribution >= 4 is 27.5 Å². The van der Waals surface area contributed by atoms with E-state index in [-0.39, 0.29) is 47.7 Å². The number of carbonyl (C=O) groups excluding carboxylic acids is 2. The van der Waals surface area contributed by atoms with Crippen molar-refractivity contribution in [2.45, 2.75) is 64.3 Å². The van der Waals surface area contributed by atoms with Crippen molar-refractivity contribution in [1.82, 2.24) is 9.62 Å². The van der Waals surface area contributed by atoms with Crippen LogP contribution in [0.25, 0.3) is 0 Å². The molecule has 5 unspecified atom stereocenters. The molecule has 188 valence electrons. The van der Waals surface area contributed by atoms with Crippen LogP contribution in [0.1, 0.15) is 53.4 Å². The van der Waals surface area contributed by atoms with Crippen LogP contribution in [0.2, 0.25) is 0 Å². The zero-order valence-electron chi connectivity index (χ0n) is 20.6. The molecule has 1 aromatic rings. The number of ether oxygens (including phenoxy) is 1. The minimum Gasteiger partial charge on any atom is -0.482 e. The number of amides is 2. The summed E-state index contributed by atoms with van der Waals surface area (Å²) in [6, 6.07) is 4.67. The highest BCUT2D eigenvalue weighted by Gasteiger charge is 2.35. The van der Waals surface area contributed by atoms with Gasteiger partial charge in [-0.2, -0.15) is 4.31 Å². The SMILES string of the molecule is CC1CC(C)CN(S(=O)(=O)c2ccc3c(c2)N(CC(=O)NC2CCCC(C)C2C)C(=O)CO3)C1. The molecular weight excluding hydrogens is 454 g/mol. The Labute approximate surface area is 203 Å². The fourth-order valence-corrected chi connectivity index (χ4v) is 7.35. The van der Waals surface area contributed by atoms with Crippen molar-refractivity contribution in [3.63, 3.8) is 0 Å². The van der Waals surface area contributed by atoms with Crippen LogP contribution in [0.5, 0.6) is 5.75 Å². The zero-order chi connectivity index (χ0) is 24.6. The van der Waals surface area contributed by atoms with Crippen molar-refractivity contribution in [3.8, 4) is 5.75 Å². The fraction of sp³-hybridized carbons (Fsp3) is 0.680. The van der Waals surface area contributed by atoms with Crippen molar-refractivity contribution in [2.75, 3.05) is 31.1 Å². The summed E-state index contributed by atoms with van der Waals surface area (Å²) in [5.74, 6) is 1.29. The first-order chi connectivity index (χ1) is 16.1. The van der Waals surface area contributed by atoms with E-state index in [1.807, 2.05) is 0 Å². The van der Waals surface area contributed by atoms with Crippen LogP contribution in [-0.4, -0.2) is 56.8 Å². The smallest absolute Gasteiger partial charge is 0.265 e. The summed E-state index contributed by atoms with van der Waals surface area (Å²) in [5.41, 5.74) is 0.329. The molecular formula is C25H37N3O5S. The number of piperidine rings is 1. The van der Waals surface area contributed by atoms with E-state index in [1.165, 1.54) is 21.3 Å². The van der Waals surface area contributed by atoms with Crippen molar-refractivity contribution in [1.29, 1.82) is 0 Å². The van der Waals surface area contributed by atoms with Crippen LogP contribution in [0, 0.1) is 23.7 Å². The Hall–Kier alpha value is -2.13. The number of hydrogen-bond acceptors (Lipinski definition) is 5. The molecule has 0 aromatic heterocycles. The largest absolute Gasteiger partial charge is 0.482 e.